The van der Waals surface area contributed by atoms with E-state index < -0.39 is 48.1 Å². The zero-order valence-corrected chi connectivity index (χ0v) is 22.7. The quantitative estimate of drug-likeness (QED) is 0.393. The van der Waals surface area contributed by atoms with Crippen molar-refractivity contribution < 1.29 is 13.7 Å². The third-order valence-electron chi connectivity index (χ3n) is 7.45. The fourth-order valence-electron chi connectivity index (χ4n) is 5.06. The van der Waals surface area contributed by atoms with Crippen molar-refractivity contribution in [2.24, 2.45) is 35.4 Å². The Morgan fingerprint density at radius 1 is 0.531 bits per heavy atom. The lowest BCUT2D eigenvalue weighted by molar-refractivity contribution is 0.279. The zero-order chi connectivity index (χ0) is 32.7. The van der Waals surface area contributed by atoms with Crippen molar-refractivity contribution in [3.05, 3.63) is 0 Å². The minimum Gasteiger partial charge on any atom is -0.0651 e. The summed E-state index contributed by atoms with van der Waals surface area (Å²) in [6, 6.07) is 0. The minimum absolute atomic E-state index is 0.451. The normalized spacial score (nSPS) is 33.3. The van der Waals surface area contributed by atoms with Crippen molar-refractivity contribution in [3.63, 3.8) is 0 Å². The molecule has 4 saturated carbocycles. The summed E-state index contributed by atoms with van der Waals surface area (Å²) in [6.45, 7) is 10.5. The first-order valence-corrected chi connectivity index (χ1v) is 13.8. The number of hydrogen-bond acceptors (Lipinski definition) is 0. The smallest absolute Gasteiger partial charge is 0.0305 e. The lowest BCUT2D eigenvalue weighted by atomic mass is 9.82. The average molecular weight is 459 g/mol. The van der Waals surface area contributed by atoms with Crippen molar-refractivity contribution >= 4 is 0 Å². The zero-order valence-electron chi connectivity index (χ0n) is 32.7. The molecule has 4 aliphatic rings. The second-order valence-corrected chi connectivity index (χ2v) is 10.4. The highest BCUT2D eigenvalue weighted by molar-refractivity contribution is 4.69. The summed E-state index contributed by atoms with van der Waals surface area (Å²) >= 11 is 0. The van der Waals surface area contributed by atoms with Crippen LogP contribution in [0.5, 0.6) is 0 Å². The van der Waals surface area contributed by atoms with Gasteiger partial charge in [-0.1, -0.05) is 170 Å². The van der Waals surface area contributed by atoms with Crippen LogP contribution in [0.15, 0.2) is 0 Å². The van der Waals surface area contributed by atoms with Crippen LogP contribution in [0.1, 0.15) is 184 Å². The van der Waals surface area contributed by atoms with Gasteiger partial charge in [0.2, 0.25) is 0 Å². The summed E-state index contributed by atoms with van der Waals surface area (Å²) in [5.41, 5.74) is 0. The van der Waals surface area contributed by atoms with Crippen LogP contribution in [0.2, 0.25) is 0 Å². The summed E-state index contributed by atoms with van der Waals surface area (Å²) in [4.78, 5) is 0. The van der Waals surface area contributed by atoms with E-state index in [1.165, 1.54) is 26.7 Å². The first kappa shape index (κ1) is 17.4. The first-order chi connectivity index (χ1) is 18.8. The van der Waals surface area contributed by atoms with E-state index in [9.17, 15) is 0 Å². The van der Waals surface area contributed by atoms with Gasteiger partial charge in [-0.15, -0.1) is 0 Å². The molecule has 0 N–H and O–H groups in total. The van der Waals surface area contributed by atoms with E-state index >= 15 is 0 Å². The summed E-state index contributed by atoms with van der Waals surface area (Å²) in [5.74, 6) is -3.65. The summed E-state index contributed by atoms with van der Waals surface area (Å²) in [5, 5.41) is 0. The Bertz CT molecular complexity index is 695. The van der Waals surface area contributed by atoms with E-state index in [1.54, 1.807) is 0 Å². The largest absolute Gasteiger partial charge is 0.0651 e. The van der Waals surface area contributed by atoms with E-state index in [0.29, 0.717) is 0 Å². The molecule has 0 unspecified atom stereocenters. The minimum atomic E-state index is -1.33. The first-order valence-electron chi connectivity index (χ1n) is 18.8. The maximum absolute atomic E-state index is 8.08. The summed E-state index contributed by atoms with van der Waals surface area (Å²) < 4.78 is 77.1. The molecule has 0 heterocycles. The van der Waals surface area contributed by atoms with Gasteiger partial charge >= 0.3 is 0 Å². The highest BCUT2D eigenvalue weighted by atomic mass is 14.2. The molecule has 0 amide bonds. The molecule has 4 fully saturated rings. The summed E-state index contributed by atoms with van der Waals surface area (Å²) in [7, 11) is 0. The van der Waals surface area contributed by atoms with Gasteiger partial charge in [0.05, 0.1) is 0 Å². The molecular formula is C32H64. The van der Waals surface area contributed by atoms with Gasteiger partial charge in [-0.05, 0) is 35.4 Å². The van der Waals surface area contributed by atoms with Crippen LogP contribution >= 0.6 is 0 Å². The second-order valence-electron chi connectivity index (χ2n) is 10.4. The molecular weight excluding hydrogens is 384 g/mol. The van der Waals surface area contributed by atoms with Gasteiger partial charge in [0.15, 0.2) is 0 Å². The fraction of sp³-hybridized carbons (Fsp3) is 1.00. The monoisotopic (exact) mass is 459 g/mol. The van der Waals surface area contributed by atoms with Crippen LogP contribution in [-0.2, 0) is 0 Å². The van der Waals surface area contributed by atoms with Crippen LogP contribution in [0.25, 0.3) is 0 Å². The van der Waals surface area contributed by atoms with E-state index in [2.05, 4.69) is 0 Å². The lowest BCUT2D eigenvalue weighted by Crippen LogP contribution is -2.12. The Hall–Kier alpha value is 0. The van der Waals surface area contributed by atoms with Crippen LogP contribution in [0.3, 0.4) is 0 Å². The molecule has 0 atom stereocenters. The van der Waals surface area contributed by atoms with Gasteiger partial charge in [0.25, 0.3) is 0 Å². The Labute approximate surface area is 219 Å². The molecule has 0 aromatic carbocycles. The van der Waals surface area contributed by atoms with Crippen LogP contribution in [0.4, 0.5) is 0 Å². The Morgan fingerprint density at radius 2 is 0.781 bits per heavy atom. The fourth-order valence-corrected chi connectivity index (χ4v) is 5.06. The maximum Gasteiger partial charge on any atom is 0.0305 e. The van der Waals surface area contributed by atoms with Crippen molar-refractivity contribution in [3.8, 4) is 0 Å². The standard InChI is InChI=1S/C9H18.2C8H16.C7H14/c1-8(2)9-6-4-3-5-7-9;1-7(2)8-5-3-4-6-8;1-2-8-6-4-3-5-7-8;1-2-7-5-3-4-6-7/h8-9H,3-7H2,1-2H3;7-8H,3-6H2,1-2H3;8H,2-7H2,1H3;7H,2-6H2,1H3/i8D,9D;7D,8D;2D2,8D;2D2,7D. The van der Waals surface area contributed by atoms with E-state index in [0.717, 1.165) is 103 Å². The van der Waals surface area contributed by atoms with Crippen LogP contribution in [0, 0.1) is 35.4 Å². The van der Waals surface area contributed by atoms with Gasteiger partial charge < -0.3 is 0 Å². The molecule has 0 nitrogen and oxygen atoms in total. The van der Waals surface area contributed by atoms with Crippen LogP contribution in [-0.4, -0.2) is 0 Å². The third-order valence-corrected chi connectivity index (χ3v) is 7.45. The van der Waals surface area contributed by atoms with Crippen LogP contribution < -0.4 is 0 Å². The molecule has 0 saturated heterocycles. The highest BCUT2D eigenvalue weighted by Crippen LogP contribution is 2.31. The maximum atomic E-state index is 8.08. The number of hydrogen-bond donors (Lipinski definition) is 0. The Kier molecular flexibility index (Phi) is 10.5. The molecule has 0 aromatic heterocycles. The number of rotatable bonds is 4. The van der Waals surface area contributed by atoms with E-state index in [4.69, 9.17) is 13.7 Å². The lowest BCUT2D eigenvalue weighted by Gasteiger charge is -2.24. The van der Waals surface area contributed by atoms with Crippen molar-refractivity contribution in [1.29, 1.82) is 0 Å². The predicted octanol–water partition coefficient (Wildman–Crippen LogP) is 11.6. The Balaban J connectivity index is 0.000000280. The van der Waals surface area contributed by atoms with E-state index in [-0.39, 0.29) is 0 Å². The molecule has 0 aromatic rings. The Morgan fingerprint density at radius 3 is 1.00 bits per heavy atom. The molecule has 32 heavy (non-hydrogen) atoms. The SMILES string of the molecule is [2H]C(C)(C)C1([2H])CCCC1.[2H]C(C)(C)C1([2H])CCCCC1.[2H]C([2H])(C)C1([2H])CCCC1.[2H]C([2H])(C)C1([2H])CCCCC1. The topological polar surface area (TPSA) is 0 Å². The highest BCUT2D eigenvalue weighted by Gasteiger charge is 2.17. The van der Waals surface area contributed by atoms with Gasteiger partial charge in [0.1, 0.15) is 0 Å². The molecule has 0 spiro atoms. The second kappa shape index (κ2) is 19.3. The average Bonchev–Trinajstić information content (AvgIpc) is 3.50. The summed E-state index contributed by atoms with van der Waals surface area (Å²) in [6.07, 6.45) is 15.1. The molecule has 192 valence electrons. The molecule has 4 aliphatic carbocycles. The van der Waals surface area contributed by atoms with Crippen molar-refractivity contribution in [1.82, 2.24) is 0 Å². The molecule has 0 aliphatic heterocycles. The van der Waals surface area contributed by atoms with Gasteiger partial charge in [-0.2, -0.15) is 0 Å². The molecule has 4 rings (SSSR count). The van der Waals surface area contributed by atoms with Gasteiger partial charge in [-0.3, -0.25) is 0 Å². The third kappa shape index (κ3) is 14.3. The van der Waals surface area contributed by atoms with Crippen molar-refractivity contribution in [2.75, 3.05) is 0 Å². The van der Waals surface area contributed by atoms with E-state index in [1.807, 2.05) is 27.7 Å². The van der Waals surface area contributed by atoms with Gasteiger partial charge in [0, 0.05) is 13.7 Å². The van der Waals surface area contributed by atoms with Crippen molar-refractivity contribution in [2.45, 2.75) is 170 Å². The molecule has 0 radical (unpaired) electrons. The molecule has 0 heteroatoms. The molecule has 0 bridgehead atoms. The predicted molar refractivity (Wildman–Crippen MR) is 147 cm³/mol. The van der Waals surface area contributed by atoms with Gasteiger partial charge in [-0.25, -0.2) is 0 Å².